The summed E-state index contributed by atoms with van der Waals surface area (Å²) in [5.41, 5.74) is 0.312. The number of esters is 1. The first-order valence-electron chi connectivity index (χ1n) is 12.5. The topological polar surface area (TPSA) is 87.0 Å². The van der Waals surface area contributed by atoms with Gasteiger partial charge in [0.2, 0.25) is 0 Å². The Morgan fingerprint density at radius 1 is 1.23 bits per heavy atom. The molecule has 5 aliphatic rings. The first-order chi connectivity index (χ1) is 14.6. The molecule has 0 aliphatic heterocycles. The van der Waals surface area contributed by atoms with Crippen LogP contribution in [0.4, 0.5) is 0 Å². The summed E-state index contributed by atoms with van der Waals surface area (Å²) in [5.74, 6) is 1.38. The second-order valence-electron chi connectivity index (χ2n) is 11.9. The summed E-state index contributed by atoms with van der Waals surface area (Å²) in [5, 5.41) is 31.9. The van der Waals surface area contributed by atoms with Gasteiger partial charge >= 0.3 is 5.97 Å². The van der Waals surface area contributed by atoms with Crippen LogP contribution in [0, 0.1) is 52.3 Å². The largest absolute Gasteiger partial charge is 0.469 e. The van der Waals surface area contributed by atoms with E-state index in [1.165, 1.54) is 12.7 Å². The summed E-state index contributed by atoms with van der Waals surface area (Å²) in [6.07, 6.45) is 7.68. The van der Waals surface area contributed by atoms with E-state index >= 15 is 0 Å². The van der Waals surface area contributed by atoms with Crippen LogP contribution in [0.2, 0.25) is 0 Å². The first-order valence-corrected chi connectivity index (χ1v) is 12.5. The van der Waals surface area contributed by atoms with Crippen LogP contribution in [-0.2, 0) is 9.53 Å². The van der Waals surface area contributed by atoms with Crippen LogP contribution in [0.1, 0.15) is 65.7 Å². The predicted octanol–water partition coefficient (Wildman–Crippen LogP) is 3.31. The first kappa shape index (κ1) is 21.9. The van der Waals surface area contributed by atoms with Gasteiger partial charge in [0.15, 0.2) is 0 Å². The minimum Gasteiger partial charge on any atom is -0.469 e. The van der Waals surface area contributed by atoms with E-state index in [1.54, 1.807) is 0 Å². The van der Waals surface area contributed by atoms with E-state index < -0.39 is 11.7 Å². The van der Waals surface area contributed by atoms with Gasteiger partial charge in [0.1, 0.15) is 0 Å². The third-order valence-electron chi connectivity index (χ3n) is 10.9. The van der Waals surface area contributed by atoms with Crippen LogP contribution in [0.15, 0.2) is 11.6 Å². The van der Waals surface area contributed by atoms with Gasteiger partial charge in [-0.05, 0) is 91.3 Å². The number of hydrogen-bond acceptors (Lipinski definition) is 5. The maximum absolute atomic E-state index is 13.2. The van der Waals surface area contributed by atoms with E-state index in [2.05, 4.69) is 20.8 Å². The third kappa shape index (κ3) is 2.69. The lowest BCUT2D eigenvalue weighted by Crippen LogP contribution is -2.61. The molecule has 5 rings (SSSR count). The van der Waals surface area contributed by atoms with Gasteiger partial charge in [0, 0.05) is 6.61 Å². The molecule has 5 aliphatic carbocycles. The highest BCUT2D eigenvalue weighted by atomic mass is 16.5. The number of ether oxygens (including phenoxy) is 1. The van der Waals surface area contributed by atoms with Crippen molar-refractivity contribution in [1.82, 2.24) is 0 Å². The smallest absolute Gasteiger partial charge is 0.309 e. The van der Waals surface area contributed by atoms with E-state index in [-0.39, 0.29) is 41.2 Å². The average molecular weight is 433 g/mol. The van der Waals surface area contributed by atoms with E-state index in [4.69, 9.17) is 4.74 Å². The fraction of sp³-hybridized carbons (Fsp3) is 0.885. The van der Waals surface area contributed by atoms with Crippen LogP contribution in [0.5, 0.6) is 0 Å². The zero-order valence-electron chi connectivity index (χ0n) is 19.5. The maximum Gasteiger partial charge on any atom is 0.309 e. The number of aliphatic hydroxyl groups is 3. The third-order valence-corrected chi connectivity index (χ3v) is 10.9. The van der Waals surface area contributed by atoms with Crippen LogP contribution in [-0.4, -0.2) is 46.7 Å². The highest BCUT2D eigenvalue weighted by Crippen LogP contribution is 2.78. The van der Waals surface area contributed by atoms with E-state index in [9.17, 15) is 20.1 Å². The molecule has 0 bridgehead atoms. The van der Waals surface area contributed by atoms with Crippen LogP contribution >= 0.6 is 0 Å². The molecule has 0 heterocycles. The summed E-state index contributed by atoms with van der Waals surface area (Å²) in [6, 6.07) is 0. The molecule has 0 saturated heterocycles. The number of aliphatic hydroxyl groups excluding tert-OH is 2. The molecule has 0 aromatic carbocycles. The monoisotopic (exact) mass is 432 g/mol. The van der Waals surface area contributed by atoms with Gasteiger partial charge in [0.25, 0.3) is 0 Å². The molecule has 4 fully saturated rings. The van der Waals surface area contributed by atoms with Crippen molar-refractivity contribution in [2.24, 2.45) is 52.3 Å². The molecule has 174 valence electrons. The van der Waals surface area contributed by atoms with Gasteiger partial charge in [-0.25, -0.2) is 0 Å². The molecule has 0 aromatic heterocycles. The SMILES string of the molecule is COC(=O)[C@H]1[C@H]2[C@@H]3[C@@H]4C[C@@H]4[C@@](O)(CCCO)[C@@]3(C)CC[C@@H]2[C@@]2(C)CC[C@H](O)C=C2[C@H]1C. The summed E-state index contributed by atoms with van der Waals surface area (Å²) < 4.78 is 5.37. The minimum absolute atomic E-state index is 0.00531. The summed E-state index contributed by atoms with van der Waals surface area (Å²) in [4.78, 5) is 13.2. The van der Waals surface area contributed by atoms with Gasteiger partial charge in [-0.1, -0.05) is 32.4 Å². The number of hydrogen-bond donors (Lipinski definition) is 3. The Kier molecular flexibility index (Phi) is 4.98. The van der Waals surface area contributed by atoms with Crippen molar-refractivity contribution < 1.29 is 24.9 Å². The van der Waals surface area contributed by atoms with Gasteiger partial charge in [-0.2, -0.15) is 0 Å². The summed E-state index contributed by atoms with van der Waals surface area (Å²) in [7, 11) is 1.50. The maximum atomic E-state index is 13.2. The zero-order valence-corrected chi connectivity index (χ0v) is 19.5. The van der Waals surface area contributed by atoms with E-state index in [1.807, 2.05) is 6.08 Å². The fourth-order valence-corrected chi connectivity index (χ4v) is 9.54. The van der Waals surface area contributed by atoms with Crippen molar-refractivity contribution >= 4 is 5.97 Å². The molecular formula is C26H40O5. The van der Waals surface area contributed by atoms with Gasteiger partial charge in [-0.3, -0.25) is 4.79 Å². The molecule has 4 saturated carbocycles. The Labute approximate surface area is 186 Å². The molecule has 11 atom stereocenters. The number of rotatable bonds is 4. The van der Waals surface area contributed by atoms with Gasteiger partial charge in [-0.15, -0.1) is 0 Å². The fourth-order valence-electron chi connectivity index (χ4n) is 9.54. The Morgan fingerprint density at radius 3 is 2.65 bits per heavy atom. The molecule has 5 nitrogen and oxygen atoms in total. The van der Waals surface area contributed by atoms with E-state index in [0.717, 1.165) is 32.1 Å². The molecule has 0 unspecified atom stereocenters. The molecular weight excluding hydrogens is 392 g/mol. The number of allylic oxidation sites excluding steroid dienone is 1. The highest BCUT2D eigenvalue weighted by molar-refractivity contribution is 5.74. The van der Waals surface area contributed by atoms with Crippen molar-refractivity contribution in [2.45, 2.75) is 77.4 Å². The van der Waals surface area contributed by atoms with E-state index in [0.29, 0.717) is 36.5 Å². The highest BCUT2D eigenvalue weighted by Gasteiger charge is 2.77. The Bertz CT molecular complexity index is 793. The quantitative estimate of drug-likeness (QED) is 0.469. The normalized spacial score (nSPS) is 54.7. The molecule has 0 aromatic rings. The second kappa shape index (κ2) is 7.04. The standard InChI is InChI=1S/C26H40O5/c1-14-18-12-15(28)6-9-24(18,2)17-7-10-25(3)22(21(17)20(14)23(29)31-4)16-13-19(16)26(25,30)8-5-11-27/h12,14-17,19-22,27-28,30H,5-11,13H2,1-4H3/t14-,15+,16-,17+,19+,20-,21+,22+,24-,25+,26+/m1/s1. The lowest BCUT2D eigenvalue weighted by Gasteiger charge is -2.63. The molecule has 3 N–H and O–H groups in total. The van der Waals surface area contributed by atoms with Crippen LogP contribution in [0.3, 0.4) is 0 Å². The Hall–Kier alpha value is -0.910. The number of carbonyl (C=O) groups excluding carboxylic acids is 1. The van der Waals surface area contributed by atoms with Crippen LogP contribution in [0.25, 0.3) is 0 Å². The molecule has 31 heavy (non-hydrogen) atoms. The Morgan fingerprint density at radius 2 is 1.97 bits per heavy atom. The average Bonchev–Trinajstić information content (AvgIpc) is 3.50. The van der Waals surface area contributed by atoms with Crippen LogP contribution < -0.4 is 0 Å². The summed E-state index contributed by atoms with van der Waals surface area (Å²) >= 11 is 0. The number of fused-ring (bicyclic) bond motifs is 7. The molecule has 0 amide bonds. The lowest BCUT2D eigenvalue weighted by atomic mass is 9.41. The predicted molar refractivity (Wildman–Crippen MR) is 117 cm³/mol. The second-order valence-corrected chi connectivity index (χ2v) is 11.9. The van der Waals surface area contributed by atoms with Crippen molar-refractivity contribution in [3.63, 3.8) is 0 Å². The minimum atomic E-state index is -0.736. The van der Waals surface area contributed by atoms with Gasteiger partial charge in [0.05, 0.1) is 24.7 Å². The van der Waals surface area contributed by atoms with Gasteiger partial charge < -0.3 is 20.1 Å². The number of methoxy groups -OCH3 is 1. The van der Waals surface area contributed by atoms with Crippen molar-refractivity contribution in [2.75, 3.05) is 13.7 Å². The molecule has 5 heteroatoms. The molecule has 0 spiro atoms. The summed E-state index contributed by atoms with van der Waals surface area (Å²) in [6.45, 7) is 6.91. The zero-order chi connectivity index (χ0) is 22.3. The van der Waals surface area contributed by atoms with Crippen molar-refractivity contribution in [3.05, 3.63) is 11.6 Å². The number of carbonyl (C=O) groups is 1. The molecule has 0 radical (unpaired) electrons. The van der Waals surface area contributed by atoms with Crippen molar-refractivity contribution in [1.29, 1.82) is 0 Å². The van der Waals surface area contributed by atoms with Crippen molar-refractivity contribution in [3.8, 4) is 0 Å². The Balaban J connectivity index is 1.61. The lowest BCUT2D eigenvalue weighted by molar-refractivity contribution is -0.182.